The van der Waals surface area contributed by atoms with Crippen molar-refractivity contribution in [3.63, 3.8) is 0 Å². The van der Waals surface area contributed by atoms with Crippen molar-refractivity contribution in [2.75, 3.05) is 24.5 Å². The molecule has 1 saturated heterocycles. The Morgan fingerprint density at radius 1 is 1.29 bits per heavy atom. The number of thiazole rings is 1. The molecule has 0 aromatic carbocycles. The lowest BCUT2D eigenvalue weighted by Gasteiger charge is -2.33. The van der Waals surface area contributed by atoms with E-state index >= 15 is 0 Å². The number of aryl methyl sites for hydroxylation is 1. The Labute approximate surface area is 133 Å². The van der Waals surface area contributed by atoms with Crippen molar-refractivity contribution in [3.05, 3.63) is 10.6 Å². The first kappa shape index (κ1) is 15.3. The average molecular weight is 308 g/mol. The van der Waals surface area contributed by atoms with Crippen molar-refractivity contribution in [1.29, 1.82) is 0 Å². The summed E-state index contributed by atoms with van der Waals surface area (Å²) < 4.78 is 0. The molecular weight excluding hydrogens is 278 g/mol. The Morgan fingerprint density at radius 3 is 2.71 bits per heavy atom. The highest BCUT2D eigenvalue weighted by molar-refractivity contribution is 7.15. The number of hydrogen-bond acceptors (Lipinski definition) is 4. The highest BCUT2D eigenvalue weighted by Crippen LogP contribution is 2.38. The number of aromatic nitrogens is 1. The van der Waals surface area contributed by atoms with Crippen LogP contribution in [0.3, 0.4) is 0 Å². The summed E-state index contributed by atoms with van der Waals surface area (Å²) >= 11 is 1.96. The fourth-order valence-corrected chi connectivity index (χ4v) is 4.96. The summed E-state index contributed by atoms with van der Waals surface area (Å²) in [7, 11) is 0. The third-order valence-electron chi connectivity index (χ3n) is 5.15. The third-order valence-corrected chi connectivity index (χ3v) is 6.34. The molecule has 1 unspecified atom stereocenters. The fourth-order valence-electron chi connectivity index (χ4n) is 3.74. The zero-order valence-electron chi connectivity index (χ0n) is 13.7. The van der Waals surface area contributed by atoms with Gasteiger partial charge in [0.15, 0.2) is 5.13 Å². The minimum Gasteiger partial charge on any atom is -0.348 e. The lowest BCUT2D eigenvalue weighted by atomic mass is 9.87. The predicted octanol–water partition coefficient (Wildman–Crippen LogP) is 4.00. The molecule has 1 atom stereocenters. The summed E-state index contributed by atoms with van der Waals surface area (Å²) in [6.45, 7) is 10.4. The quantitative estimate of drug-likeness (QED) is 0.911. The van der Waals surface area contributed by atoms with E-state index in [4.69, 9.17) is 4.98 Å². The molecule has 1 N–H and O–H groups in total. The topological polar surface area (TPSA) is 28.2 Å². The number of hydrogen-bond donors (Lipinski definition) is 1. The molecule has 1 aliphatic carbocycles. The molecule has 4 heteroatoms. The zero-order valence-corrected chi connectivity index (χ0v) is 14.5. The van der Waals surface area contributed by atoms with E-state index in [2.05, 4.69) is 31.0 Å². The van der Waals surface area contributed by atoms with Crippen LogP contribution in [-0.2, 0) is 6.42 Å². The predicted molar refractivity (Wildman–Crippen MR) is 91.2 cm³/mol. The van der Waals surface area contributed by atoms with E-state index < -0.39 is 0 Å². The van der Waals surface area contributed by atoms with Gasteiger partial charge in [-0.2, -0.15) is 0 Å². The molecule has 1 fully saturated rings. The Hall–Kier alpha value is -0.610. The second kappa shape index (κ2) is 6.66. The van der Waals surface area contributed by atoms with Gasteiger partial charge in [0, 0.05) is 18.0 Å². The number of nitrogens with one attached hydrogen (secondary N) is 1. The van der Waals surface area contributed by atoms with Crippen molar-refractivity contribution >= 4 is 16.5 Å². The van der Waals surface area contributed by atoms with Crippen LogP contribution in [0.25, 0.3) is 0 Å². The smallest absolute Gasteiger partial charge is 0.185 e. The second-order valence-corrected chi connectivity index (χ2v) is 7.94. The summed E-state index contributed by atoms with van der Waals surface area (Å²) in [6.07, 6.45) is 6.45. The standard InChI is InChI=1S/C17H29N3S/c1-4-18-14-6-5-7-15-16(14)19-17(21-15)20-10-8-13(9-11-20)12(2)3/h12-14,18H,4-11H2,1-3H3. The van der Waals surface area contributed by atoms with E-state index in [9.17, 15) is 0 Å². The van der Waals surface area contributed by atoms with Gasteiger partial charge in [-0.15, -0.1) is 11.3 Å². The molecule has 1 aliphatic heterocycles. The van der Waals surface area contributed by atoms with E-state index in [-0.39, 0.29) is 0 Å². The number of piperidine rings is 1. The molecule has 1 aromatic heterocycles. The highest BCUT2D eigenvalue weighted by atomic mass is 32.1. The maximum absolute atomic E-state index is 5.03. The van der Waals surface area contributed by atoms with Gasteiger partial charge in [-0.25, -0.2) is 4.98 Å². The van der Waals surface area contributed by atoms with Gasteiger partial charge in [0.25, 0.3) is 0 Å². The molecule has 0 saturated carbocycles. The van der Waals surface area contributed by atoms with Gasteiger partial charge in [-0.1, -0.05) is 20.8 Å². The first-order valence-electron chi connectivity index (χ1n) is 8.67. The summed E-state index contributed by atoms with van der Waals surface area (Å²) in [5, 5.41) is 4.89. The van der Waals surface area contributed by atoms with Crippen LogP contribution >= 0.6 is 11.3 Å². The van der Waals surface area contributed by atoms with Gasteiger partial charge in [0.2, 0.25) is 0 Å². The molecule has 3 nitrogen and oxygen atoms in total. The first-order chi connectivity index (χ1) is 10.2. The van der Waals surface area contributed by atoms with E-state index in [0.717, 1.165) is 18.4 Å². The van der Waals surface area contributed by atoms with Crippen LogP contribution in [0.15, 0.2) is 0 Å². The van der Waals surface area contributed by atoms with Gasteiger partial charge in [-0.3, -0.25) is 0 Å². The molecule has 2 heterocycles. The monoisotopic (exact) mass is 307 g/mol. The average Bonchev–Trinajstić information content (AvgIpc) is 2.93. The van der Waals surface area contributed by atoms with Gasteiger partial charge in [0.05, 0.1) is 11.7 Å². The van der Waals surface area contributed by atoms with Crippen LogP contribution in [0, 0.1) is 11.8 Å². The molecular formula is C17H29N3S. The minimum atomic E-state index is 0.497. The van der Waals surface area contributed by atoms with Crippen LogP contribution in [0.1, 0.15) is 63.1 Å². The lowest BCUT2D eigenvalue weighted by Crippen LogP contribution is -2.35. The summed E-state index contributed by atoms with van der Waals surface area (Å²) in [5.41, 5.74) is 1.36. The Morgan fingerprint density at radius 2 is 2.05 bits per heavy atom. The van der Waals surface area contributed by atoms with E-state index in [0.29, 0.717) is 6.04 Å². The molecule has 1 aromatic rings. The summed E-state index contributed by atoms with van der Waals surface area (Å²) in [6, 6.07) is 0.497. The maximum Gasteiger partial charge on any atom is 0.185 e. The van der Waals surface area contributed by atoms with Crippen molar-refractivity contribution in [2.24, 2.45) is 11.8 Å². The van der Waals surface area contributed by atoms with Crippen LogP contribution in [-0.4, -0.2) is 24.6 Å². The van der Waals surface area contributed by atoms with Crippen LogP contribution in [0.4, 0.5) is 5.13 Å². The van der Waals surface area contributed by atoms with Gasteiger partial charge in [-0.05, 0) is 50.5 Å². The minimum absolute atomic E-state index is 0.497. The largest absolute Gasteiger partial charge is 0.348 e. The van der Waals surface area contributed by atoms with Gasteiger partial charge in [0.1, 0.15) is 0 Å². The van der Waals surface area contributed by atoms with Crippen molar-refractivity contribution in [1.82, 2.24) is 10.3 Å². The second-order valence-electron chi connectivity index (χ2n) is 6.88. The fraction of sp³-hybridized carbons (Fsp3) is 0.824. The maximum atomic E-state index is 5.03. The molecule has 0 bridgehead atoms. The van der Waals surface area contributed by atoms with Crippen molar-refractivity contribution in [3.8, 4) is 0 Å². The molecule has 118 valence electrons. The third kappa shape index (κ3) is 3.26. The number of fused-ring (bicyclic) bond motifs is 1. The Bertz CT molecular complexity index is 461. The van der Waals surface area contributed by atoms with Crippen molar-refractivity contribution in [2.45, 2.75) is 58.9 Å². The zero-order chi connectivity index (χ0) is 14.8. The van der Waals surface area contributed by atoms with E-state index in [1.807, 2.05) is 11.3 Å². The molecule has 0 spiro atoms. The van der Waals surface area contributed by atoms with Crippen molar-refractivity contribution < 1.29 is 0 Å². The van der Waals surface area contributed by atoms with Crippen LogP contribution in [0.5, 0.6) is 0 Å². The highest BCUT2D eigenvalue weighted by Gasteiger charge is 2.28. The van der Waals surface area contributed by atoms with Crippen LogP contribution < -0.4 is 10.2 Å². The summed E-state index contributed by atoms with van der Waals surface area (Å²) in [5.74, 6) is 1.74. The number of nitrogens with zero attached hydrogens (tertiary/aromatic N) is 2. The van der Waals surface area contributed by atoms with E-state index in [1.54, 1.807) is 0 Å². The molecule has 2 aliphatic rings. The number of anilines is 1. The first-order valence-corrected chi connectivity index (χ1v) is 9.48. The number of rotatable bonds is 4. The molecule has 21 heavy (non-hydrogen) atoms. The lowest BCUT2D eigenvalue weighted by molar-refractivity contribution is 0.311. The summed E-state index contributed by atoms with van der Waals surface area (Å²) in [4.78, 5) is 9.09. The van der Waals surface area contributed by atoms with Gasteiger partial charge >= 0.3 is 0 Å². The molecule has 3 rings (SSSR count). The molecule has 0 radical (unpaired) electrons. The van der Waals surface area contributed by atoms with E-state index in [1.165, 1.54) is 60.9 Å². The van der Waals surface area contributed by atoms with Gasteiger partial charge < -0.3 is 10.2 Å². The van der Waals surface area contributed by atoms with Crippen LogP contribution in [0.2, 0.25) is 0 Å². The Balaban J connectivity index is 1.70. The molecule has 0 amide bonds. The SMILES string of the molecule is CCNC1CCCc2sc(N3CCC(C(C)C)CC3)nc21. The Kier molecular flexibility index (Phi) is 4.85. The normalized spacial score (nSPS) is 23.6.